The second kappa shape index (κ2) is 6.22. The number of carbonyl (C=O) groups is 1. The van der Waals surface area contributed by atoms with Gasteiger partial charge in [0.05, 0.1) is 9.85 Å². The number of benzene rings is 2. The molecule has 0 saturated carbocycles. The molecule has 8 heteroatoms. The minimum atomic E-state index is -0.872. The number of nitro benzene ring substituents is 2. The van der Waals surface area contributed by atoms with E-state index in [1.807, 2.05) is 19.1 Å². The van der Waals surface area contributed by atoms with Crippen LogP contribution in [-0.4, -0.2) is 22.8 Å². The predicted molar refractivity (Wildman–Crippen MR) is 83.7 cm³/mol. The van der Waals surface area contributed by atoms with Gasteiger partial charge in [-0.2, -0.15) is 0 Å². The van der Waals surface area contributed by atoms with Crippen LogP contribution in [0.15, 0.2) is 42.5 Å². The van der Waals surface area contributed by atoms with Crippen LogP contribution in [0.4, 0.5) is 17.1 Å². The molecule has 0 aliphatic rings. The summed E-state index contributed by atoms with van der Waals surface area (Å²) in [7, 11) is 1.54. The van der Waals surface area contributed by atoms with E-state index >= 15 is 0 Å². The zero-order valence-corrected chi connectivity index (χ0v) is 12.4. The molecule has 0 radical (unpaired) electrons. The zero-order valence-electron chi connectivity index (χ0n) is 12.4. The highest BCUT2D eigenvalue weighted by molar-refractivity contribution is 6.06. The van der Waals surface area contributed by atoms with E-state index in [1.54, 1.807) is 12.1 Å². The Morgan fingerprint density at radius 1 is 1.00 bits per heavy atom. The molecule has 23 heavy (non-hydrogen) atoms. The number of carbonyl (C=O) groups excluding carboxylic acids is 1. The first-order chi connectivity index (χ1) is 10.8. The van der Waals surface area contributed by atoms with Crippen LogP contribution in [0.3, 0.4) is 0 Å². The number of amides is 1. The van der Waals surface area contributed by atoms with Gasteiger partial charge in [-0.3, -0.25) is 25.0 Å². The highest BCUT2D eigenvalue weighted by Crippen LogP contribution is 2.29. The van der Waals surface area contributed by atoms with E-state index in [-0.39, 0.29) is 5.56 Å². The van der Waals surface area contributed by atoms with E-state index in [0.29, 0.717) is 5.69 Å². The summed E-state index contributed by atoms with van der Waals surface area (Å²) < 4.78 is 0. The molecule has 0 aliphatic heterocycles. The Kier molecular flexibility index (Phi) is 4.35. The summed E-state index contributed by atoms with van der Waals surface area (Å²) in [6, 6.07) is 10.3. The Morgan fingerprint density at radius 2 is 1.61 bits per heavy atom. The van der Waals surface area contributed by atoms with Gasteiger partial charge in [0.2, 0.25) is 0 Å². The minimum Gasteiger partial charge on any atom is -0.311 e. The lowest BCUT2D eigenvalue weighted by atomic mass is 10.1. The van der Waals surface area contributed by atoms with Crippen molar-refractivity contribution in [3.8, 4) is 0 Å². The molecule has 1 amide bonds. The monoisotopic (exact) mass is 315 g/mol. The SMILES string of the molecule is Cc1ccccc1N(C)C(=O)c1ccc([N+](=O)[O-])c([N+](=O)[O-])c1. The van der Waals surface area contributed by atoms with E-state index in [1.165, 1.54) is 18.0 Å². The molecule has 2 rings (SSSR count). The number of nitrogens with zero attached hydrogens (tertiary/aromatic N) is 3. The van der Waals surface area contributed by atoms with Crippen molar-refractivity contribution in [3.05, 3.63) is 73.8 Å². The topological polar surface area (TPSA) is 107 Å². The van der Waals surface area contributed by atoms with Crippen LogP contribution in [0.1, 0.15) is 15.9 Å². The van der Waals surface area contributed by atoms with Crippen LogP contribution in [-0.2, 0) is 0 Å². The maximum atomic E-state index is 12.5. The second-order valence-electron chi connectivity index (χ2n) is 4.87. The van der Waals surface area contributed by atoms with Gasteiger partial charge in [-0.1, -0.05) is 18.2 Å². The Balaban J connectivity index is 2.44. The Bertz CT molecular complexity index is 803. The molecule has 0 unspecified atom stereocenters. The number of anilines is 1. The van der Waals surface area contributed by atoms with Crippen molar-refractivity contribution in [1.82, 2.24) is 0 Å². The molecule has 0 bridgehead atoms. The van der Waals surface area contributed by atoms with Crippen molar-refractivity contribution in [2.24, 2.45) is 0 Å². The van der Waals surface area contributed by atoms with Crippen molar-refractivity contribution in [1.29, 1.82) is 0 Å². The average Bonchev–Trinajstić information content (AvgIpc) is 2.53. The summed E-state index contributed by atoms with van der Waals surface area (Å²) in [6.07, 6.45) is 0. The largest absolute Gasteiger partial charge is 0.346 e. The maximum Gasteiger partial charge on any atom is 0.346 e. The Morgan fingerprint density at radius 3 is 2.17 bits per heavy atom. The normalized spacial score (nSPS) is 10.2. The molecule has 2 aromatic carbocycles. The Hall–Kier alpha value is -3.29. The van der Waals surface area contributed by atoms with Crippen LogP contribution in [0.2, 0.25) is 0 Å². The fourth-order valence-corrected chi connectivity index (χ4v) is 2.20. The zero-order chi connectivity index (χ0) is 17.1. The van der Waals surface area contributed by atoms with Gasteiger partial charge in [-0.15, -0.1) is 0 Å². The van der Waals surface area contributed by atoms with Crippen molar-refractivity contribution in [2.45, 2.75) is 6.92 Å². The minimum absolute atomic E-state index is 0.00746. The van der Waals surface area contributed by atoms with Crippen molar-refractivity contribution < 1.29 is 14.6 Å². The van der Waals surface area contributed by atoms with Crippen LogP contribution < -0.4 is 4.90 Å². The molecule has 0 heterocycles. The maximum absolute atomic E-state index is 12.5. The first kappa shape index (κ1) is 16.1. The first-order valence-electron chi connectivity index (χ1n) is 6.59. The van der Waals surface area contributed by atoms with Gasteiger partial charge in [-0.05, 0) is 24.6 Å². The highest BCUT2D eigenvalue weighted by Gasteiger charge is 2.27. The van der Waals surface area contributed by atoms with Gasteiger partial charge >= 0.3 is 11.4 Å². The molecular formula is C15H13N3O5. The van der Waals surface area contributed by atoms with E-state index in [2.05, 4.69) is 0 Å². The fourth-order valence-electron chi connectivity index (χ4n) is 2.20. The van der Waals surface area contributed by atoms with Gasteiger partial charge in [-0.25, -0.2) is 0 Å². The smallest absolute Gasteiger partial charge is 0.311 e. The molecule has 0 N–H and O–H groups in total. The van der Waals surface area contributed by atoms with E-state index in [9.17, 15) is 25.0 Å². The van der Waals surface area contributed by atoms with Crippen LogP contribution in [0.5, 0.6) is 0 Å². The number of hydrogen-bond donors (Lipinski definition) is 0. The summed E-state index contributed by atoms with van der Waals surface area (Å²) in [6.45, 7) is 1.83. The quantitative estimate of drug-likeness (QED) is 0.636. The van der Waals surface area contributed by atoms with Gasteiger partial charge in [0, 0.05) is 30.4 Å². The van der Waals surface area contributed by atoms with E-state index < -0.39 is 27.1 Å². The molecule has 0 fully saturated rings. The predicted octanol–water partition coefficient (Wildman–Crippen LogP) is 3.09. The first-order valence-corrected chi connectivity index (χ1v) is 6.59. The standard InChI is InChI=1S/C15H13N3O5/c1-10-5-3-4-6-12(10)16(2)15(19)11-7-8-13(17(20)21)14(9-11)18(22)23/h3-9H,1-2H3. The summed E-state index contributed by atoms with van der Waals surface area (Å²) in [4.78, 5) is 33.9. The lowest BCUT2D eigenvalue weighted by Gasteiger charge is -2.19. The average molecular weight is 315 g/mol. The number of nitro groups is 2. The summed E-state index contributed by atoms with van der Waals surface area (Å²) >= 11 is 0. The number of hydrogen-bond acceptors (Lipinski definition) is 5. The molecule has 0 aromatic heterocycles. The van der Waals surface area contributed by atoms with Crippen LogP contribution in [0, 0.1) is 27.2 Å². The molecule has 0 spiro atoms. The van der Waals surface area contributed by atoms with E-state index in [0.717, 1.165) is 17.7 Å². The third-order valence-electron chi connectivity index (χ3n) is 3.40. The molecule has 0 saturated heterocycles. The number of aryl methyl sites for hydroxylation is 1. The molecule has 8 nitrogen and oxygen atoms in total. The van der Waals surface area contributed by atoms with Gasteiger partial charge in [0.25, 0.3) is 5.91 Å². The van der Waals surface area contributed by atoms with Crippen LogP contribution in [0.25, 0.3) is 0 Å². The highest BCUT2D eigenvalue weighted by atomic mass is 16.6. The lowest BCUT2D eigenvalue weighted by molar-refractivity contribution is -0.422. The van der Waals surface area contributed by atoms with Crippen molar-refractivity contribution in [2.75, 3.05) is 11.9 Å². The number of para-hydroxylation sites is 1. The van der Waals surface area contributed by atoms with Crippen molar-refractivity contribution >= 4 is 23.0 Å². The number of rotatable bonds is 4. The summed E-state index contributed by atoms with van der Waals surface area (Å²) in [5.41, 5.74) is 0.162. The van der Waals surface area contributed by atoms with Crippen LogP contribution >= 0.6 is 0 Å². The van der Waals surface area contributed by atoms with Crippen molar-refractivity contribution in [3.63, 3.8) is 0 Å². The fraction of sp³-hybridized carbons (Fsp3) is 0.133. The second-order valence-corrected chi connectivity index (χ2v) is 4.87. The molecule has 0 aliphatic carbocycles. The van der Waals surface area contributed by atoms with Gasteiger partial charge in [0.15, 0.2) is 0 Å². The summed E-state index contributed by atoms with van der Waals surface area (Å²) in [5, 5.41) is 21.8. The third kappa shape index (κ3) is 3.15. The molecular weight excluding hydrogens is 302 g/mol. The summed E-state index contributed by atoms with van der Waals surface area (Å²) in [5.74, 6) is -0.489. The lowest BCUT2D eigenvalue weighted by Crippen LogP contribution is -2.27. The Labute approximate surface area is 131 Å². The van der Waals surface area contributed by atoms with E-state index in [4.69, 9.17) is 0 Å². The molecule has 2 aromatic rings. The van der Waals surface area contributed by atoms with Gasteiger partial charge in [0.1, 0.15) is 0 Å². The molecule has 0 atom stereocenters. The molecule has 118 valence electrons. The van der Waals surface area contributed by atoms with Gasteiger partial charge < -0.3 is 4.90 Å². The third-order valence-corrected chi connectivity index (χ3v) is 3.40.